The first kappa shape index (κ1) is 20.5. The van der Waals surface area contributed by atoms with Crippen LogP contribution in [0.25, 0.3) is 0 Å². The third kappa shape index (κ3) is 5.19. The lowest BCUT2D eigenvalue weighted by atomic mass is 10.1. The Morgan fingerprint density at radius 2 is 2.00 bits per heavy atom. The van der Waals surface area contributed by atoms with E-state index < -0.39 is 6.09 Å². The Labute approximate surface area is 170 Å². The summed E-state index contributed by atoms with van der Waals surface area (Å²) in [6, 6.07) is 10.6. The number of anilines is 1. The molecule has 0 unspecified atom stereocenters. The van der Waals surface area contributed by atoms with Crippen LogP contribution in [0.3, 0.4) is 0 Å². The molecule has 2 aromatic carbocycles. The molecule has 2 aromatic rings. The quantitative estimate of drug-likeness (QED) is 0.739. The van der Waals surface area contributed by atoms with E-state index in [0.717, 1.165) is 29.0 Å². The van der Waals surface area contributed by atoms with Crippen LogP contribution < -0.4 is 20.1 Å². The van der Waals surface area contributed by atoms with Gasteiger partial charge in [0, 0.05) is 35.3 Å². The maximum Gasteiger partial charge on any atom is 0.411 e. The number of ether oxygens (including phenoxy) is 3. The number of fused-ring (bicyclic) bond motifs is 1. The molecule has 0 radical (unpaired) electrons. The highest BCUT2D eigenvalue weighted by Crippen LogP contribution is 2.35. The summed E-state index contributed by atoms with van der Waals surface area (Å²) in [5.41, 5.74) is 2.90. The second-order valence-corrected chi connectivity index (χ2v) is 6.74. The van der Waals surface area contributed by atoms with Crippen LogP contribution in [-0.4, -0.2) is 31.3 Å². The van der Waals surface area contributed by atoms with E-state index in [2.05, 4.69) is 10.6 Å². The first-order valence-corrected chi connectivity index (χ1v) is 9.77. The topological polar surface area (TPSA) is 85.9 Å². The van der Waals surface area contributed by atoms with Crippen molar-refractivity contribution >= 4 is 17.7 Å². The highest BCUT2D eigenvalue weighted by molar-refractivity contribution is 5.96. The van der Waals surface area contributed by atoms with Crippen LogP contribution in [0.1, 0.15) is 42.3 Å². The smallest absolute Gasteiger partial charge is 0.411 e. The molecule has 0 aromatic heterocycles. The Morgan fingerprint density at radius 3 is 2.76 bits per heavy atom. The molecule has 0 saturated heterocycles. The number of benzene rings is 2. The van der Waals surface area contributed by atoms with E-state index in [-0.39, 0.29) is 18.6 Å². The number of hydrogen-bond acceptors (Lipinski definition) is 5. The summed E-state index contributed by atoms with van der Waals surface area (Å²) in [5.74, 6) is 1.34. The molecule has 0 spiro atoms. The van der Waals surface area contributed by atoms with Crippen molar-refractivity contribution < 1.29 is 23.8 Å². The molecule has 1 aliphatic rings. The molecular formula is C22H26N2O5. The Balaban J connectivity index is 1.69. The van der Waals surface area contributed by atoms with Gasteiger partial charge in [0.15, 0.2) is 0 Å². The van der Waals surface area contributed by atoms with Crippen molar-refractivity contribution in [2.75, 3.05) is 18.5 Å². The predicted octanol–water partition coefficient (Wildman–Crippen LogP) is 3.91. The van der Waals surface area contributed by atoms with Gasteiger partial charge in [0.1, 0.15) is 17.6 Å². The zero-order valence-corrected chi connectivity index (χ0v) is 16.9. The summed E-state index contributed by atoms with van der Waals surface area (Å²) < 4.78 is 16.4. The van der Waals surface area contributed by atoms with Gasteiger partial charge in [-0.05, 0) is 51.1 Å². The van der Waals surface area contributed by atoms with Gasteiger partial charge in [-0.3, -0.25) is 10.1 Å². The van der Waals surface area contributed by atoms with Crippen molar-refractivity contribution in [1.82, 2.24) is 5.32 Å². The molecule has 7 nitrogen and oxygen atoms in total. The Bertz CT molecular complexity index is 897. The van der Waals surface area contributed by atoms with Gasteiger partial charge in [0.25, 0.3) is 5.91 Å². The summed E-state index contributed by atoms with van der Waals surface area (Å²) in [5, 5.41) is 5.50. The fraction of sp³-hybridized carbons (Fsp3) is 0.364. The number of carbonyl (C=O) groups is 2. The van der Waals surface area contributed by atoms with E-state index in [0.29, 0.717) is 24.4 Å². The van der Waals surface area contributed by atoms with E-state index in [1.807, 2.05) is 26.0 Å². The Kier molecular flexibility index (Phi) is 6.59. The van der Waals surface area contributed by atoms with Crippen LogP contribution in [0.2, 0.25) is 0 Å². The van der Waals surface area contributed by atoms with Crippen molar-refractivity contribution in [2.24, 2.45) is 0 Å². The average Bonchev–Trinajstić information content (AvgIpc) is 3.05. The fourth-order valence-corrected chi connectivity index (χ4v) is 3.21. The number of nitrogens with one attached hydrogen (secondary N) is 2. The summed E-state index contributed by atoms with van der Waals surface area (Å²) >= 11 is 0. The van der Waals surface area contributed by atoms with Crippen LogP contribution in [0.15, 0.2) is 36.4 Å². The lowest BCUT2D eigenvalue weighted by molar-refractivity contribution is 0.0950. The average molecular weight is 398 g/mol. The highest BCUT2D eigenvalue weighted by atomic mass is 16.5. The normalized spacial score (nSPS) is 14.5. The van der Waals surface area contributed by atoms with Gasteiger partial charge >= 0.3 is 6.09 Å². The molecule has 2 N–H and O–H groups in total. The van der Waals surface area contributed by atoms with Crippen LogP contribution in [0.4, 0.5) is 10.5 Å². The molecule has 0 fully saturated rings. The SMILES string of the molecule is CCOC(=O)Nc1cccc(C(=O)NCc2cc3c(cc2OCC)C[C@@H](C)O3)c1. The van der Waals surface area contributed by atoms with Crippen LogP contribution in [0, 0.1) is 0 Å². The molecule has 2 amide bonds. The maximum absolute atomic E-state index is 12.6. The minimum Gasteiger partial charge on any atom is -0.494 e. The lowest BCUT2D eigenvalue weighted by Gasteiger charge is -2.14. The van der Waals surface area contributed by atoms with E-state index in [4.69, 9.17) is 14.2 Å². The zero-order valence-electron chi connectivity index (χ0n) is 16.9. The van der Waals surface area contributed by atoms with Crippen molar-refractivity contribution in [3.05, 3.63) is 53.1 Å². The Morgan fingerprint density at radius 1 is 1.17 bits per heavy atom. The molecule has 0 bridgehead atoms. The number of rotatable bonds is 7. The molecule has 1 aliphatic heterocycles. The molecule has 3 rings (SSSR count). The molecule has 0 aliphatic carbocycles. The zero-order chi connectivity index (χ0) is 20.8. The molecule has 29 heavy (non-hydrogen) atoms. The van der Waals surface area contributed by atoms with Crippen LogP contribution in [0.5, 0.6) is 11.5 Å². The highest BCUT2D eigenvalue weighted by Gasteiger charge is 2.22. The van der Waals surface area contributed by atoms with Gasteiger partial charge in [0.2, 0.25) is 0 Å². The second-order valence-electron chi connectivity index (χ2n) is 6.74. The fourth-order valence-electron chi connectivity index (χ4n) is 3.21. The largest absolute Gasteiger partial charge is 0.494 e. The third-order valence-electron chi connectivity index (χ3n) is 4.46. The predicted molar refractivity (Wildman–Crippen MR) is 110 cm³/mol. The van der Waals surface area contributed by atoms with Crippen molar-refractivity contribution in [3.63, 3.8) is 0 Å². The van der Waals surface area contributed by atoms with Gasteiger partial charge in [-0.1, -0.05) is 6.07 Å². The van der Waals surface area contributed by atoms with Crippen molar-refractivity contribution in [1.29, 1.82) is 0 Å². The van der Waals surface area contributed by atoms with Gasteiger partial charge < -0.3 is 19.5 Å². The van der Waals surface area contributed by atoms with Crippen molar-refractivity contribution in [2.45, 2.75) is 39.8 Å². The minimum absolute atomic E-state index is 0.138. The van der Waals surface area contributed by atoms with Gasteiger partial charge in [-0.25, -0.2) is 4.79 Å². The molecular weight excluding hydrogens is 372 g/mol. The summed E-state index contributed by atoms with van der Waals surface area (Å²) in [6.07, 6.45) is 0.431. The van der Waals surface area contributed by atoms with Gasteiger partial charge in [-0.15, -0.1) is 0 Å². The lowest BCUT2D eigenvalue weighted by Crippen LogP contribution is -2.23. The van der Waals surface area contributed by atoms with Crippen molar-refractivity contribution in [3.8, 4) is 11.5 Å². The van der Waals surface area contributed by atoms with E-state index in [9.17, 15) is 9.59 Å². The first-order valence-electron chi connectivity index (χ1n) is 9.77. The van der Waals surface area contributed by atoms with Crippen LogP contribution in [-0.2, 0) is 17.7 Å². The van der Waals surface area contributed by atoms with Crippen LogP contribution >= 0.6 is 0 Å². The van der Waals surface area contributed by atoms with E-state index in [1.54, 1.807) is 31.2 Å². The molecule has 1 heterocycles. The summed E-state index contributed by atoms with van der Waals surface area (Å²) in [4.78, 5) is 24.2. The Hall–Kier alpha value is -3.22. The molecule has 1 atom stereocenters. The summed E-state index contributed by atoms with van der Waals surface area (Å²) in [7, 11) is 0. The number of amides is 2. The number of carbonyl (C=O) groups excluding carboxylic acids is 2. The standard InChI is InChI=1S/C22H26N2O5/c1-4-27-19-11-16-9-14(3)29-20(16)12-17(19)13-23-21(25)15-7-6-8-18(10-15)24-22(26)28-5-2/h6-8,10-12,14H,4-5,9,13H2,1-3H3,(H,23,25)(H,24,26)/t14-/m1/s1. The second kappa shape index (κ2) is 9.32. The van der Waals surface area contributed by atoms with Gasteiger partial charge in [0.05, 0.1) is 13.2 Å². The number of hydrogen-bond donors (Lipinski definition) is 2. The van der Waals surface area contributed by atoms with E-state index in [1.165, 1.54) is 0 Å². The van der Waals surface area contributed by atoms with E-state index >= 15 is 0 Å². The molecule has 0 saturated carbocycles. The molecule has 154 valence electrons. The van der Waals surface area contributed by atoms with Gasteiger partial charge in [-0.2, -0.15) is 0 Å². The first-order chi connectivity index (χ1) is 14.0. The monoisotopic (exact) mass is 398 g/mol. The molecule has 7 heteroatoms. The third-order valence-corrected chi connectivity index (χ3v) is 4.46. The summed E-state index contributed by atoms with van der Waals surface area (Å²) in [6.45, 7) is 6.80. The maximum atomic E-state index is 12.6. The minimum atomic E-state index is -0.557.